The summed E-state index contributed by atoms with van der Waals surface area (Å²) in [6.45, 7) is 5.60. The number of carbonyl (C=O) groups is 1. The van der Waals surface area contributed by atoms with E-state index < -0.39 is 5.63 Å². The summed E-state index contributed by atoms with van der Waals surface area (Å²) < 4.78 is 6.19. The molecule has 2 N–H and O–H groups in total. The Labute approximate surface area is 154 Å². The second kappa shape index (κ2) is 7.68. The highest BCUT2D eigenvalue weighted by molar-refractivity contribution is 9.10. The van der Waals surface area contributed by atoms with Gasteiger partial charge in [-0.3, -0.25) is 4.79 Å². The number of fused-ring (bicyclic) bond motifs is 1. The van der Waals surface area contributed by atoms with Crippen LogP contribution in [0.3, 0.4) is 0 Å². The predicted octanol–water partition coefficient (Wildman–Crippen LogP) is 3.01. The number of carbonyl (C=O) groups excluding carboxylic acids is 1. The third kappa shape index (κ3) is 3.66. The normalized spacial score (nSPS) is 20.5. The molecule has 0 aliphatic carbocycles. The lowest BCUT2D eigenvalue weighted by atomic mass is 9.94. The predicted molar refractivity (Wildman–Crippen MR) is 100 cm³/mol. The first-order valence-corrected chi connectivity index (χ1v) is 8.51. The largest absolute Gasteiger partial charge is 0.422 e. The van der Waals surface area contributed by atoms with Gasteiger partial charge in [-0.05, 0) is 56.1 Å². The molecule has 1 fully saturated rings. The molecule has 3 rings (SSSR count). The van der Waals surface area contributed by atoms with Gasteiger partial charge in [0.2, 0.25) is 0 Å². The second-order valence-electron chi connectivity index (χ2n) is 6.08. The van der Waals surface area contributed by atoms with Crippen molar-refractivity contribution in [1.29, 1.82) is 0 Å². The Bertz CT molecular complexity index is 821. The van der Waals surface area contributed by atoms with Crippen molar-refractivity contribution in [3.63, 3.8) is 0 Å². The first-order chi connectivity index (χ1) is 11.0. The average Bonchev–Trinajstić information content (AvgIpc) is 2.50. The van der Waals surface area contributed by atoms with Gasteiger partial charge in [-0.15, -0.1) is 12.4 Å². The van der Waals surface area contributed by atoms with Gasteiger partial charge in [-0.25, -0.2) is 4.79 Å². The first kappa shape index (κ1) is 19.0. The molecule has 0 spiro atoms. The molecule has 0 radical (unpaired) electrons. The number of amides is 1. The summed E-state index contributed by atoms with van der Waals surface area (Å²) in [7, 11) is 0. The highest BCUT2D eigenvalue weighted by Gasteiger charge is 2.26. The molecule has 1 aromatic carbocycles. The van der Waals surface area contributed by atoms with Crippen LogP contribution < -0.4 is 16.3 Å². The molecule has 2 aromatic rings. The minimum atomic E-state index is -0.587. The van der Waals surface area contributed by atoms with Crippen LogP contribution >= 0.6 is 28.3 Å². The molecule has 1 saturated heterocycles. The summed E-state index contributed by atoms with van der Waals surface area (Å²) in [6.07, 6.45) is 0.858. The van der Waals surface area contributed by atoms with E-state index in [1.807, 2.05) is 6.07 Å². The molecule has 1 aliphatic heterocycles. The zero-order valence-electron chi connectivity index (χ0n) is 13.5. The van der Waals surface area contributed by atoms with E-state index in [4.69, 9.17) is 4.42 Å². The number of rotatable bonds is 2. The number of aryl methyl sites for hydroxylation is 1. The first-order valence-electron chi connectivity index (χ1n) is 7.72. The topological polar surface area (TPSA) is 71.3 Å². The number of halogens is 2. The van der Waals surface area contributed by atoms with Crippen LogP contribution in [0.5, 0.6) is 0 Å². The van der Waals surface area contributed by atoms with Crippen molar-refractivity contribution in [2.75, 3.05) is 13.1 Å². The van der Waals surface area contributed by atoms with Gasteiger partial charge < -0.3 is 15.1 Å². The summed E-state index contributed by atoms with van der Waals surface area (Å²) in [5.74, 6) is -0.0217. The fourth-order valence-corrected chi connectivity index (χ4v) is 3.42. The molecular weight excluding hydrogens is 396 g/mol. The van der Waals surface area contributed by atoms with Crippen LogP contribution in [0.15, 0.2) is 31.9 Å². The van der Waals surface area contributed by atoms with E-state index in [0.717, 1.165) is 29.4 Å². The van der Waals surface area contributed by atoms with Crippen LogP contribution in [0.1, 0.15) is 29.3 Å². The Morgan fingerprint density at radius 2 is 2.17 bits per heavy atom. The molecule has 130 valence electrons. The monoisotopic (exact) mass is 414 g/mol. The minimum Gasteiger partial charge on any atom is -0.422 e. The maximum Gasteiger partial charge on any atom is 0.349 e. The summed E-state index contributed by atoms with van der Waals surface area (Å²) in [4.78, 5) is 24.9. The summed E-state index contributed by atoms with van der Waals surface area (Å²) in [6, 6.07) is 5.46. The van der Waals surface area contributed by atoms with Crippen molar-refractivity contribution >= 4 is 45.2 Å². The molecule has 1 aliphatic rings. The van der Waals surface area contributed by atoms with Gasteiger partial charge in [-0.1, -0.05) is 22.9 Å². The molecule has 5 nitrogen and oxygen atoms in total. The zero-order chi connectivity index (χ0) is 16.6. The van der Waals surface area contributed by atoms with E-state index in [1.54, 1.807) is 19.1 Å². The van der Waals surface area contributed by atoms with Crippen molar-refractivity contribution in [3.05, 3.63) is 44.2 Å². The summed E-state index contributed by atoms with van der Waals surface area (Å²) in [5.41, 5.74) is 0.650. The van der Waals surface area contributed by atoms with Crippen molar-refractivity contribution < 1.29 is 9.21 Å². The van der Waals surface area contributed by atoms with E-state index in [9.17, 15) is 9.59 Å². The van der Waals surface area contributed by atoms with Gasteiger partial charge >= 0.3 is 5.63 Å². The van der Waals surface area contributed by atoms with Crippen molar-refractivity contribution in [1.82, 2.24) is 10.6 Å². The molecule has 24 heavy (non-hydrogen) atoms. The van der Waals surface area contributed by atoms with Gasteiger partial charge in [0.25, 0.3) is 5.91 Å². The van der Waals surface area contributed by atoms with Gasteiger partial charge in [0.15, 0.2) is 0 Å². The standard InChI is InChI=1S/C17H19BrN2O3.ClH/c1-9-8-19-6-5-13(9)20-16(21)15-10(2)12-7-11(18)3-4-14(12)23-17(15)22;/h3-4,7,9,13,19H,5-6,8H2,1-2H3,(H,20,21);1H. The third-order valence-electron chi connectivity index (χ3n) is 4.46. The van der Waals surface area contributed by atoms with E-state index >= 15 is 0 Å². The van der Waals surface area contributed by atoms with Crippen LogP contribution in [0.25, 0.3) is 11.0 Å². The van der Waals surface area contributed by atoms with Crippen molar-refractivity contribution in [2.24, 2.45) is 5.92 Å². The van der Waals surface area contributed by atoms with Crippen molar-refractivity contribution in [3.8, 4) is 0 Å². The molecule has 2 heterocycles. The van der Waals surface area contributed by atoms with Gasteiger partial charge in [0, 0.05) is 15.9 Å². The Morgan fingerprint density at radius 3 is 2.88 bits per heavy atom. The quantitative estimate of drug-likeness (QED) is 0.740. The number of hydrogen-bond donors (Lipinski definition) is 2. The Balaban J connectivity index is 0.00000208. The van der Waals surface area contributed by atoms with E-state index in [1.165, 1.54) is 0 Å². The molecule has 7 heteroatoms. The molecule has 0 saturated carbocycles. The molecule has 1 amide bonds. The van der Waals surface area contributed by atoms with Crippen LogP contribution in [0.2, 0.25) is 0 Å². The Kier molecular flexibility index (Phi) is 6.06. The second-order valence-corrected chi connectivity index (χ2v) is 7.00. The van der Waals surface area contributed by atoms with E-state index in [2.05, 4.69) is 33.5 Å². The van der Waals surface area contributed by atoms with Crippen LogP contribution in [0, 0.1) is 12.8 Å². The van der Waals surface area contributed by atoms with Gasteiger partial charge in [-0.2, -0.15) is 0 Å². The summed E-state index contributed by atoms with van der Waals surface area (Å²) >= 11 is 3.41. The van der Waals surface area contributed by atoms with Gasteiger partial charge in [0.05, 0.1) is 0 Å². The highest BCUT2D eigenvalue weighted by Crippen LogP contribution is 2.23. The smallest absolute Gasteiger partial charge is 0.349 e. The van der Waals surface area contributed by atoms with Crippen LogP contribution in [0.4, 0.5) is 0 Å². The molecule has 2 atom stereocenters. The highest BCUT2D eigenvalue weighted by atomic mass is 79.9. The lowest BCUT2D eigenvalue weighted by molar-refractivity contribution is 0.0910. The van der Waals surface area contributed by atoms with Crippen molar-refractivity contribution in [2.45, 2.75) is 26.3 Å². The fraction of sp³-hybridized carbons (Fsp3) is 0.412. The Morgan fingerprint density at radius 1 is 1.42 bits per heavy atom. The lowest BCUT2D eigenvalue weighted by Gasteiger charge is -2.30. The SMILES string of the molecule is Cc1c(C(=O)NC2CCNCC2C)c(=O)oc2ccc(Br)cc12.Cl. The van der Waals surface area contributed by atoms with E-state index in [-0.39, 0.29) is 29.9 Å². The Hall–Kier alpha value is -1.37. The molecule has 2 unspecified atom stereocenters. The number of hydrogen-bond acceptors (Lipinski definition) is 4. The maximum absolute atomic E-state index is 12.6. The third-order valence-corrected chi connectivity index (χ3v) is 4.95. The fourth-order valence-electron chi connectivity index (χ4n) is 3.05. The number of benzene rings is 1. The summed E-state index contributed by atoms with van der Waals surface area (Å²) in [5, 5.41) is 7.06. The molecular formula is C17H20BrClN2O3. The van der Waals surface area contributed by atoms with Gasteiger partial charge in [0.1, 0.15) is 11.1 Å². The van der Waals surface area contributed by atoms with E-state index in [0.29, 0.717) is 17.1 Å². The molecule has 1 aromatic heterocycles. The number of nitrogens with one attached hydrogen (secondary N) is 2. The number of piperidine rings is 1. The lowest BCUT2D eigenvalue weighted by Crippen LogP contribution is -2.49. The zero-order valence-corrected chi connectivity index (χ0v) is 15.9. The maximum atomic E-state index is 12.6. The van der Waals surface area contributed by atoms with Crippen LogP contribution in [-0.2, 0) is 0 Å². The van der Waals surface area contributed by atoms with Crippen LogP contribution in [-0.4, -0.2) is 25.0 Å². The average molecular weight is 416 g/mol. The molecule has 0 bridgehead atoms. The minimum absolute atomic E-state index is 0.